The van der Waals surface area contributed by atoms with Crippen molar-refractivity contribution in [2.45, 2.75) is 39.8 Å². The zero-order valence-corrected chi connectivity index (χ0v) is 14.1. The zero-order valence-electron chi connectivity index (χ0n) is 13.3. The van der Waals surface area contributed by atoms with Crippen LogP contribution >= 0.6 is 11.3 Å². The second-order valence-electron chi connectivity index (χ2n) is 5.99. The first-order valence-corrected chi connectivity index (χ1v) is 7.99. The molecule has 0 aliphatic heterocycles. The molecule has 0 saturated heterocycles. The number of ether oxygens (including phenoxy) is 1. The summed E-state index contributed by atoms with van der Waals surface area (Å²) in [5.41, 5.74) is 5.10. The maximum atomic E-state index is 11.7. The van der Waals surface area contributed by atoms with Crippen LogP contribution in [0.2, 0.25) is 0 Å². The third-order valence-corrected chi connectivity index (χ3v) is 3.45. The van der Waals surface area contributed by atoms with Crippen LogP contribution in [0.1, 0.15) is 32.0 Å². The Labute approximate surface area is 134 Å². The molecule has 22 heavy (non-hydrogen) atoms. The fourth-order valence-corrected chi connectivity index (χ4v) is 2.43. The highest BCUT2D eigenvalue weighted by molar-refractivity contribution is 7.07. The third-order valence-electron chi connectivity index (χ3n) is 2.82. The van der Waals surface area contributed by atoms with Crippen LogP contribution in [0.3, 0.4) is 0 Å². The number of hydrogen-bond acceptors (Lipinski definition) is 5. The summed E-state index contributed by atoms with van der Waals surface area (Å²) in [5.74, 6) is 0. The molecule has 1 amide bonds. The molecule has 0 bridgehead atoms. The van der Waals surface area contributed by atoms with E-state index in [0.29, 0.717) is 12.2 Å². The lowest BCUT2D eigenvalue weighted by Gasteiger charge is -2.20. The van der Waals surface area contributed by atoms with Crippen molar-refractivity contribution in [3.63, 3.8) is 0 Å². The Morgan fingerprint density at radius 2 is 2.14 bits per heavy atom. The highest BCUT2D eigenvalue weighted by atomic mass is 32.1. The molecule has 2 rings (SSSR count). The minimum atomic E-state index is -0.506. The van der Waals surface area contributed by atoms with E-state index in [4.69, 9.17) is 4.74 Å². The van der Waals surface area contributed by atoms with Crippen LogP contribution in [0.4, 0.5) is 16.2 Å². The van der Waals surface area contributed by atoms with Crippen LogP contribution in [0.25, 0.3) is 0 Å². The lowest BCUT2D eigenvalue weighted by atomic mass is 10.1. The molecule has 118 valence electrons. The standard InChI is InChI=1S/C16H21N3O2S/c1-11-7-12(19-15(20)21-16(2,3)4)5-6-14(11)17-8-13-9-22-10-18-13/h5-7,9-10,17H,8H2,1-4H3,(H,19,20). The van der Waals surface area contributed by atoms with Crippen LogP contribution in [-0.2, 0) is 11.3 Å². The Balaban J connectivity index is 1.95. The van der Waals surface area contributed by atoms with Crippen molar-refractivity contribution in [2.24, 2.45) is 0 Å². The van der Waals surface area contributed by atoms with Gasteiger partial charge in [0.05, 0.1) is 17.7 Å². The smallest absolute Gasteiger partial charge is 0.412 e. The summed E-state index contributed by atoms with van der Waals surface area (Å²) in [6, 6.07) is 5.70. The fourth-order valence-electron chi connectivity index (χ4n) is 1.87. The van der Waals surface area contributed by atoms with Crippen LogP contribution < -0.4 is 10.6 Å². The molecule has 0 radical (unpaired) electrons. The van der Waals surface area contributed by atoms with Gasteiger partial charge in [-0.25, -0.2) is 9.78 Å². The number of rotatable bonds is 4. The minimum absolute atomic E-state index is 0.449. The van der Waals surface area contributed by atoms with Gasteiger partial charge < -0.3 is 10.1 Å². The van der Waals surface area contributed by atoms with Crippen molar-refractivity contribution in [3.8, 4) is 0 Å². The van der Waals surface area contributed by atoms with Crippen molar-refractivity contribution in [3.05, 3.63) is 40.3 Å². The lowest BCUT2D eigenvalue weighted by molar-refractivity contribution is 0.0636. The number of aryl methyl sites for hydroxylation is 1. The normalized spacial score (nSPS) is 11.1. The van der Waals surface area contributed by atoms with Crippen molar-refractivity contribution in [1.29, 1.82) is 0 Å². The van der Waals surface area contributed by atoms with Gasteiger partial charge in [0.1, 0.15) is 5.60 Å². The van der Waals surface area contributed by atoms with Gasteiger partial charge in [-0.1, -0.05) is 0 Å². The number of benzene rings is 1. The van der Waals surface area contributed by atoms with E-state index in [0.717, 1.165) is 16.9 Å². The van der Waals surface area contributed by atoms with E-state index < -0.39 is 11.7 Å². The zero-order chi connectivity index (χ0) is 16.2. The molecule has 0 unspecified atom stereocenters. The molecule has 0 aliphatic rings. The summed E-state index contributed by atoms with van der Waals surface area (Å²) in [6.45, 7) is 8.18. The van der Waals surface area contributed by atoms with E-state index in [1.807, 2.05) is 56.8 Å². The first kappa shape index (κ1) is 16.3. The average molecular weight is 319 g/mol. The maximum Gasteiger partial charge on any atom is 0.412 e. The molecule has 1 aromatic carbocycles. The maximum absolute atomic E-state index is 11.7. The molecule has 2 N–H and O–H groups in total. The second kappa shape index (κ2) is 6.79. The van der Waals surface area contributed by atoms with Gasteiger partial charge in [0.25, 0.3) is 0 Å². The van der Waals surface area contributed by atoms with Crippen molar-refractivity contribution in [1.82, 2.24) is 4.98 Å². The SMILES string of the molecule is Cc1cc(NC(=O)OC(C)(C)C)ccc1NCc1cscn1. The van der Waals surface area contributed by atoms with Crippen molar-refractivity contribution < 1.29 is 9.53 Å². The van der Waals surface area contributed by atoms with Gasteiger partial charge in [0, 0.05) is 16.8 Å². The summed E-state index contributed by atoms with van der Waals surface area (Å²) >= 11 is 1.58. The van der Waals surface area contributed by atoms with Gasteiger partial charge >= 0.3 is 6.09 Å². The molecular weight excluding hydrogens is 298 g/mol. The fraction of sp³-hybridized carbons (Fsp3) is 0.375. The first-order valence-electron chi connectivity index (χ1n) is 7.05. The van der Waals surface area contributed by atoms with Crippen LogP contribution in [0.15, 0.2) is 29.1 Å². The Bertz CT molecular complexity index is 633. The predicted octanol–water partition coefficient (Wildman–Crippen LogP) is 4.41. The lowest BCUT2D eigenvalue weighted by Crippen LogP contribution is -2.27. The largest absolute Gasteiger partial charge is 0.444 e. The van der Waals surface area contributed by atoms with Crippen LogP contribution in [-0.4, -0.2) is 16.7 Å². The van der Waals surface area contributed by atoms with Crippen molar-refractivity contribution >= 4 is 28.8 Å². The first-order chi connectivity index (χ1) is 10.3. The molecule has 0 atom stereocenters. The van der Waals surface area contributed by atoms with E-state index >= 15 is 0 Å². The molecule has 0 fully saturated rings. The molecular formula is C16H21N3O2S. The number of hydrogen-bond donors (Lipinski definition) is 2. The van der Waals surface area contributed by atoms with Gasteiger partial charge in [-0.15, -0.1) is 11.3 Å². The minimum Gasteiger partial charge on any atom is -0.444 e. The average Bonchev–Trinajstić information content (AvgIpc) is 2.88. The molecule has 0 spiro atoms. The van der Waals surface area contributed by atoms with E-state index in [1.54, 1.807) is 11.3 Å². The number of amides is 1. The number of carbonyl (C=O) groups is 1. The summed E-state index contributed by atoms with van der Waals surface area (Å²) in [5, 5.41) is 8.09. The number of carbonyl (C=O) groups excluding carboxylic acids is 1. The highest BCUT2D eigenvalue weighted by Crippen LogP contribution is 2.21. The molecule has 0 saturated carbocycles. The van der Waals surface area contributed by atoms with E-state index in [9.17, 15) is 4.79 Å². The quantitative estimate of drug-likeness (QED) is 0.876. The molecule has 2 aromatic rings. The Morgan fingerprint density at radius 1 is 1.36 bits per heavy atom. The number of nitrogens with zero attached hydrogens (tertiary/aromatic N) is 1. The summed E-state index contributed by atoms with van der Waals surface area (Å²) < 4.78 is 5.24. The second-order valence-corrected chi connectivity index (χ2v) is 6.71. The summed E-state index contributed by atoms with van der Waals surface area (Å²) in [6.07, 6.45) is -0.449. The summed E-state index contributed by atoms with van der Waals surface area (Å²) in [7, 11) is 0. The number of anilines is 2. The van der Waals surface area contributed by atoms with E-state index in [2.05, 4.69) is 15.6 Å². The van der Waals surface area contributed by atoms with Gasteiger partial charge in [0.15, 0.2) is 0 Å². The number of nitrogens with one attached hydrogen (secondary N) is 2. The number of thiazole rings is 1. The molecule has 1 aromatic heterocycles. The van der Waals surface area contributed by atoms with Gasteiger partial charge in [-0.05, 0) is 51.5 Å². The third kappa shape index (κ3) is 5.04. The molecule has 0 aliphatic carbocycles. The van der Waals surface area contributed by atoms with E-state index in [-0.39, 0.29) is 0 Å². The van der Waals surface area contributed by atoms with E-state index in [1.165, 1.54) is 0 Å². The van der Waals surface area contributed by atoms with Gasteiger partial charge in [0.2, 0.25) is 0 Å². The highest BCUT2D eigenvalue weighted by Gasteiger charge is 2.16. The molecule has 1 heterocycles. The summed E-state index contributed by atoms with van der Waals surface area (Å²) in [4.78, 5) is 16.0. The predicted molar refractivity (Wildman–Crippen MR) is 90.5 cm³/mol. The molecule has 5 nitrogen and oxygen atoms in total. The van der Waals surface area contributed by atoms with Crippen LogP contribution in [0, 0.1) is 6.92 Å². The van der Waals surface area contributed by atoms with Gasteiger partial charge in [-0.3, -0.25) is 5.32 Å². The Kier molecular flexibility index (Phi) is 5.03. The Hall–Kier alpha value is -2.08. The topological polar surface area (TPSA) is 63.2 Å². The number of aromatic nitrogens is 1. The van der Waals surface area contributed by atoms with Crippen LogP contribution in [0.5, 0.6) is 0 Å². The van der Waals surface area contributed by atoms with Crippen molar-refractivity contribution in [2.75, 3.05) is 10.6 Å². The Morgan fingerprint density at radius 3 is 2.73 bits per heavy atom. The molecule has 6 heteroatoms. The monoisotopic (exact) mass is 319 g/mol. The van der Waals surface area contributed by atoms with Gasteiger partial charge in [-0.2, -0.15) is 0 Å².